The lowest BCUT2D eigenvalue weighted by molar-refractivity contribution is 0.0816. The molecule has 0 radical (unpaired) electrons. The number of rotatable bonds is 6. The molecule has 1 amide bonds. The molecule has 2 atom stereocenters. The molecule has 4 aliphatic rings. The predicted molar refractivity (Wildman–Crippen MR) is 187 cm³/mol. The van der Waals surface area contributed by atoms with Crippen molar-refractivity contribution in [1.29, 1.82) is 0 Å². The van der Waals surface area contributed by atoms with Crippen molar-refractivity contribution in [2.75, 3.05) is 69.3 Å². The van der Waals surface area contributed by atoms with Crippen LogP contribution in [0.5, 0.6) is 11.5 Å². The molecule has 7 heteroatoms. The first-order valence-corrected chi connectivity index (χ1v) is 17.2. The number of ether oxygens (including phenoxy) is 1. The van der Waals surface area contributed by atoms with Gasteiger partial charge in [-0.25, -0.2) is 0 Å². The second-order valence-corrected chi connectivity index (χ2v) is 13.8. The Morgan fingerprint density at radius 2 is 1.49 bits per heavy atom. The average Bonchev–Trinajstić information content (AvgIpc) is 3.40. The van der Waals surface area contributed by atoms with Gasteiger partial charge in [-0.1, -0.05) is 48.5 Å². The summed E-state index contributed by atoms with van der Waals surface area (Å²) in [5.74, 6) is 2.27. The molecule has 0 bridgehead atoms. The molecule has 8 rings (SSSR count). The fourth-order valence-corrected chi connectivity index (χ4v) is 8.27. The van der Waals surface area contributed by atoms with Crippen molar-refractivity contribution in [3.05, 3.63) is 119 Å². The van der Waals surface area contributed by atoms with Gasteiger partial charge in [0, 0.05) is 99.8 Å². The van der Waals surface area contributed by atoms with E-state index in [9.17, 15) is 9.90 Å². The molecule has 2 unspecified atom stereocenters. The number of fused-ring (bicyclic) bond motifs is 2. The maximum atomic E-state index is 12.3. The molecule has 0 aromatic heterocycles. The van der Waals surface area contributed by atoms with Crippen molar-refractivity contribution in [2.45, 2.75) is 31.2 Å². The molecule has 2 fully saturated rings. The van der Waals surface area contributed by atoms with Crippen LogP contribution in [0.3, 0.4) is 0 Å². The first kappa shape index (κ1) is 29.9. The van der Waals surface area contributed by atoms with Crippen LogP contribution in [0.25, 0.3) is 0 Å². The lowest BCUT2D eigenvalue weighted by atomic mass is 9.76. The number of hydrogen-bond acceptors (Lipinski definition) is 6. The van der Waals surface area contributed by atoms with Crippen LogP contribution in [0.4, 0.5) is 11.4 Å². The van der Waals surface area contributed by atoms with E-state index in [0.717, 1.165) is 74.2 Å². The van der Waals surface area contributed by atoms with Gasteiger partial charge >= 0.3 is 0 Å². The van der Waals surface area contributed by atoms with Crippen LogP contribution in [0.1, 0.15) is 57.3 Å². The Hall–Kier alpha value is -4.49. The first-order valence-electron chi connectivity index (χ1n) is 17.2. The Labute approximate surface area is 278 Å². The van der Waals surface area contributed by atoms with Crippen molar-refractivity contribution < 1.29 is 14.6 Å². The van der Waals surface area contributed by atoms with Crippen molar-refractivity contribution in [1.82, 2.24) is 9.80 Å². The van der Waals surface area contributed by atoms with Crippen LogP contribution in [0, 0.1) is 5.92 Å². The Balaban J connectivity index is 0.872. The number of aromatic hydroxyl groups is 1. The second-order valence-electron chi connectivity index (χ2n) is 13.8. The number of benzene rings is 4. The molecule has 4 aliphatic heterocycles. The summed E-state index contributed by atoms with van der Waals surface area (Å²) in [4.78, 5) is 21.8. The van der Waals surface area contributed by atoms with E-state index < -0.39 is 0 Å². The Morgan fingerprint density at radius 3 is 2.26 bits per heavy atom. The van der Waals surface area contributed by atoms with E-state index in [2.05, 4.69) is 81.4 Å². The number of piperidine rings is 1. The number of phenols is 1. The quantitative estimate of drug-likeness (QED) is 0.270. The predicted octanol–water partition coefficient (Wildman–Crippen LogP) is 6.32. The smallest absolute Gasteiger partial charge is 0.254 e. The van der Waals surface area contributed by atoms with Crippen molar-refractivity contribution in [3.8, 4) is 11.5 Å². The topological polar surface area (TPSA) is 59.5 Å². The SMILES string of the molecule is CN1Cc2cc(N3CCN(CC4CCN(c5ccc(C6c7ccc(O)cc7OCC6c6ccccc6)cc5)CC4)CC3)ccc2C1=O. The van der Waals surface area contributed by atoms with Gasteiger partial charge in [-0.3, -0.25) is 9.69 Å². The molecule has 0 saturated carbocycles. The van der Waals surface area contributed by atoms with E-state index in [1.807, 2.05) is 19.2 Å². The highest BCUT2D eigenvalue weighted by Gasteiger charge is 2.34. The molecule has 0 spiro atoms. The van der Waals surface area contributed by atoms with Crippen molar-refractivity contribution in [2.24, 2.45) is 5.92 Å². The summed E-state index contributed by atoms with van der Waals surface area (Å²) in [5, 5.41) is 10.1. The molecule has 4 aromatic rings. The Morgan fingerprint density at radius 1 is 0.766 bits per heavy atom. The average molecular weight is 629 g/mol. The minimum atomic E-state index is 0.139. The highest BCUT2D eigenvalue weighted by Crippen LogP contribution is 2.47. The van der Waals surface area contributed by atoms with Gasteiger partial charge in [-0.15, -0.1) is 0 Å². The number of carbonyl (C=O) groups is 1. The Kier molecular flexibility index (Phi) is 8.01. The number of nitrogens with zero attached hydrogens (tertiary/aromatic N) is 4. The number of phenolic OH excluding ortho intramolecular Hbond substituents is 1. The molecule has 4 aromatic carbocycles. The van der Waals surface area contributed by atoms with Gasteiger partial charge in [-0.05, 0) is 71.8 Å². The van der Waals surface area contributed by atoms with Crippen LogP contribution in [-0.4, -0.2) is 80.3 Å². The van der Waals surface area contributed by atoms with Crippen LogP contribution in [0.2, 0.25) is 0 Å². The number of carbonyl (C=O) groups excluding carboxylic acids is 1. The maximum absolute atomic E-state index is 12.3. The van der Waals surface area contributed by atoms with Gasteiger partial charge in [0.15, 0.2) is 0 Å². The highest BCUT2D eigenvalue weighted by molar-refractivity contribution is 5.98. The summed E-state index contributed by atoms with van der Waals surface area (Å²) < 4.78 is 6.17. The van der Waals surface area contributed by atoms with E-state index in [0.29, 0.717) is 6.61 Å². The van der Waals surface area contributed by atoms with E-state index in [1.165, 1.54) is 41.9 Å². The number of hydrogen-bond donors (Lipinski definition) is 1. The minimum absolute atomic E-state index is 0.139. The molecule has 4 heterocycles. The first-order chi connectivity index (χ1) is 23.0. The number of anilines is 2. The number of piperazine rings is 1. The summed E-state index contributed by atoms with van der Waals surface area (Å²) in [6.07, 6.45) is 2.45. The zero-order valence-electron chi connectivity index (χ0n) is 27.2. The molecule has 47 heavy (non-hydrogen) atoms. The van der Waals surface area contributed by atoms with E-state index >= 15 is 0 Å². The van der Waals surface area contributed by atoms with Crippen molar-refractivity contribution >= 4 is 17.3 Å². The second kappa shape index (κ2) is 12.6. The third kappa shape index (κ3) is 5.93. The minimum Gasteiger partial charge on any atom is -0.508 e. The van der Waals surface area contributed by atoms with Crippen LogP contribution in [0.15, 0.2) is 91.0 Å². The van der Waals surface area contributed by atoms with Crippen molar-refractivity contribution in [3.63, 3.8) is 0 Å². The van der Waals surface area contributed by atoms with Gasteiger partial charge in [-0.2, -0.15) is 0 Å². The van der Waals surface area contributed by atoms with Gasteiger partial charge in [0.2, 0.25) is 0 Å². The zero-order chi connectivity index (χ0) is 31.9. The maximum Gasteiger partial charge on any atom is 0.254 e. The van der Waals surface area contributed by atoms with E-state index in [4.69, 9.17) is 4.74 Å². The van der Waals surface area contributed by atoms with Crippen LogP contribution < -0.4 is 14.5 Å². The summed E-state index contributed by atoms with van der Waals surface area (Å²) in [7, 11) is 1.88. The Bertz CT molecular complexity index is 1730. The standard InChI is InChI=1S/C40H44N4O3/c1-41-26-31-23-33(11-13-35(31)40(41)46)44-21-19-42(20-22-44)25-28-15-17-43(18-16-28)32-9-7-30(8-10-32)39-36-14-12-34(45)24-38(36)47-27-37(39)29-5-3-2-4-6-29/h2-14,23-24,28,37,39,45H,15-22,25-27H2,1H3. The van der Waals surface area contributed by atoms with Crippen LogP contribution in [-0.2, 0) is 6.54 Å². The van der Waals surface area contributed by atoms with E-state index in [1.54, 1.807) is 17.0 Å². The third-order valence-electron chi connectivity index (χ3n) is 10.9. The van der Waals surface area contributed by atoms with Gasteiger partial charge in [0.25, 0.3) is 5.91 Å². The van der Waals surface area contributed by atoms with Gasteiger partial charge in [0.05, 0.1) is 6.61 Å². The lowest BCUT2D eigenvalue weighted by Gasteiger charge is -2.40. The normalized spacial score (nSPS) is 21.8. The fraction of sp³-hybridized carbons (Fsp3) is 0.375. The van der Waals surface area contributed by atoms with Gasteiger partial charge in [0.1, 0.15) is 11.5 Å². The molecule has 242 valence electrons. The summed E-state index contributed by atoms with van der Waals surface area (Å²) in [6, 6.07) is 31.8. The monoisotopic (exact) mass is 628 g/mol. The summed E-state index contributed by atoms with van der Waals surface area (Å²) in [5.41, 5.74) is 8.27. The molecule has 2 saturated heterocycles. The zero-order valence-corrected chi connectivity index (χ0v) is 27.2. The van der Waals surface area contributed by atoms with Crippen LogP contribution >= 0.6 is 0 Å². The third-order valence-corrected chi connectivity index (χ3v) is 10.9. The number of amides is 1. The molecule has 7 nitrogen and oxygen atoms in total. The molecular weight excluding hydrogens is 584 g/mol. The largest absolute Gasteiger partial charge is 0.508 e. The summed E-state index contributed by atoms with van der Waals surface area (Å²) in [6.45, 7) is 8.95. The molecule has 1 N–H and O–H groups in total. The lowest BCUT2D eigenvalue weighted by Crippen LogP contribution is -2.49. The van der Waals surface area contributed by atoms with Gasteiger partial charge < -0.3 is 24.5 Å². The molecule has 0 aliphatic carbocycles. The fourth-order valence-electron chi connectivity index (χ4n) is 8.27. The molecular formula is C40H44N4O3. The summed E-state index contributed by atoms with van der Waals surface area (Å²) >= 11 is 0. The van der Waals surface area contributed by atoms with E-state index in [-0.39, 0.29) is 23.5 Å². The highest BCUT2D eigenvalue weighted by atomic mass is 16.5.